The van der Waals surface area contributed by atoms with Gasteiger partial charge in [0.15, 0.2) is 11.9 Å². The number of tetrazole rings is 1. The van der Waals surface area contributed by atoms with Gasteiger partial charge < -0.3 is 14.8 Å². The van der Waals surface area contributed by atoms with E-state index in [0.717, 1.165) is 22.2 Å². The van der Waals surface area contributed by atoms with E-state index < -0.39 is 6.10 Å². The molecule has 140 valence electrons. The van der Waals surface area contributed by atoms with Crippen LogP contribution in [0.3, 0.4) is 0 Å². The third kappa shape index (κ3) is 3.18. The molecular weight excluding hydrogens is 358 g/mol. The Morgan fingerprint density at radius 3 is 2.79 bits per heavy atom. The molecule has 2 N–H and O–H groups in total. The second-order valence-corrected chi connectivity index (χ2v) is 6.21. The number of fused-ring (bicyclic) bond motifs is 1. The molecule has 8 nitrogen and oxygen atoms in total. The number of rotatable bonds is 6. The highest BCUT2D eigenvalue weighted by molar-refractivity contribution is 6.01. The molecule has 2 heterocycles. The van der Waals surface area contributed by atoms with Gasteiger partial charge in [0, 0.05) is 22.7 Å². The first kappa shape index (κ1) is 17.7. The van der Waals surface area contributed by atoms with Crippen molar-refractivity contribution < 1.29 is 14.6 Å². The lowest BCUT2D eigenvalue weighted by atomic mass is 10.0. The number of benzene rings is 2. The summed E-state index contributed by atoms with van der Waals surface area (Å²) in [5, 5.41) is 23.2. The van der Waals surface area contributed by atoms with E-state index >= 15 is 0 Å². The average Bonchev–Trinajstić information content (AvgIpc) is 3.36. The molecular formula is C20H17N5O3. The quantitative estimate of drug-likeness (QED) is 0.500. The number of hydrogen-bond acceptors (Lipinski definition) is 6. The minimum absolute atomic E-state index is 0.0724. The van der Waals surface area contributed by atoms with Gasteiger partial charge in [0.1, 0.15) is 11.7 Å². The van der Waals surface area contributed by atoms with Crippen molar-refractivity contribution in [3.63, 3.8) is 0 Å². The number of nitrogens with zero attached hydrogens (tertiary/aromatic N) is 4. The Labute approximate surface area is 160 Å². The highest BCUT2D eigenvalue weighted by Gasteiger charge is 2.25. The van der Waals surface area contributed by atoms with Crippen LogP contribution in [0.25, 0.3) is 16.5 Å². The fraction of sp³-hybridized carbons (Fsp3) is 0.150. The third-order valence-electron chi connectivity index (χ3n) is 4.56. The van der Waals surface area contributed by atoms with E-state index in [1.165, 1.54) is 4.68 Å². The molecule has 2 aromatic carbocycles. The first-order chi connectivity index (χ1) is 13.7. The molecule has 0 bridgehead atoms. The summed E-state index contributed by atoms with van der Waals surface area (Å²) in [6.07, 6.45) is 0.357. The van der Waals surface area contributed by atoms with Crippen LogP contribution in [-0.4, -0.2) is 43.3 Å². The maximum absolute atomic E-state index is 11.7. The summed E-state index contributed by atoms with van der Waals surface area (Å²) in [5.74, 6) is 2.77. The number of aromatic nitrogens is 5. The average molecular weight is 375 g/mol. The van der Waals surface area contributed by atoms with E-state index in [9.17, 15) is 9.90 Å². The van der Waals surface area contributed by atoms with Crippen LogP contribution >= 0.6 is 0 Å². The van der Waals surface area contributed by atoms with Crippen LogP contribution in [0.5, 0.6) is 5.75 Å². The molecule has 0 saturated heterocycles. The number of para-hydroxylation sites is 1. The van der Waals surface area contributed by atoms with Crippen LogP contribution in [0.4, 0.5) is 0 Å². The van der Waals surface area contributed by atoms with Gasteiger partial charge in [-0.1, -0.05) is 30.3 Å². The van der Waals surface area contributed by atoms with E-state index in [0.29, 0.717) is 12.1 Å². The summed E-state index contributed by atoms with van der Waals surface area (Å²) in [6, 6.07) is 14.9. The van der Waals surface area contributed by atoms with Crippen LogP contribution < -0.4 is 4.74 Å². The highest BCUT2D eigenvalue weighted by atomic mass is 16.5. The topological polar surface area (TPSA) is 106 Å². The predicted molar refractivity (Wildman–Crippen MR) is 102 cm³/mol. The van der Waals surface area contributed by atoms with Crippen LogP contribution in [0.15, 0.2) is 54.7 Å². The Morgan fingerprint density at radius 2 is 2.04 bits per heavy atom. The number of aromatic amines is 1. The van der Waals surface area contributed by atoms with Gasteiger partial charge in [0.2, 0.25) is 0 Å². The van der Waals surface area contributed by atoms with E-state index in [-0.39, 0.29) is 11.4 Å². The number of aliphatic hydroxyl groups excluding tert-OH is 1. The number of hydrogen-bond donors (Lipinski definition) is 2. The summed E-state index contributed by atoms with van der Waals surface area (Å²) < 4.78 is 6.61. The zero-order valence-corrected chi connectivity index (χ0v) is 15.0. The van der Waals surface area contributed by atoms with Gasteiger partial charge in [-0.15, -0.1) is 5.10 Å². The number of methoxy groups -OCH3 is 1. The number of carbonyl (C=O) groups excluding carboxylic acids is 1. The molecule has 0 amide bonds. The van der Waals surface area contributed by atoms with Crippen LogP contribution in [0.2, 0.25) is 0 Å². The molecule has 4 aromatic rings. The predicted octanol–water partition coefficient (Wildman–Crippen LogP) is 2.16. The molecule has 8 heteroatoms. The number of H-pyrrole nitrogens is 1. The molecule has 1 atom stereocenters. The van der Waals surface area contributed by atoms with Gasteiger partial charge in [0.25, 0.3) is 0 Å². The van der Waals surface area contributed by atoms with Gasteiger partial charge in [-0.3, -0.25) is 0 Å². The van der Waals surface area contributed by atoms with Crippen molar-refractivity contribution in [2.75, 3.05) is 7.11 Å². The molecule has 0 aliphatic carbocycles. The van der Waals surface area contributed by atoms with Crippen molar-refractivity contribution in [2.45, 2.75) is 12.6 Å². The Balaban J connectivity index is 1.65. The largest absolute Gasteiger partial charge is 0.497 e. The monoisotopic (exact) mass is 375 g/mol. The maximum Gasteiger partial charge on any atom is 0.185 e. The fourth-order valence-electron chi connectivity index (χ4n) is 3.11. The van der Waals surface area contributed by atoms with Gasteiger partial charge >= 0.3 is 0 Å². The van der Waals surface area contributed by atoms with E-state index in [1.807, 2.05) is 54.5 Å². The summed E-state index contributed by atoms with van der Waals surface area (Å²) in [7, 11) is 1.60. The summed E-state index contributed by atoms with van der Waals surface area (Å²) >= 11 is 0. The zero-order chi connectivity index (χ0) is 19.5. The Kier molecular flexibility index (Phi) is 4.72. The molecule has 0 radical (unpaired) electrons. The molecule has 2 aromatic heterocycles. The van der Waals surface area contributed by atoms with Crippen molar-refractivity contribution in [3.05, 3.63) is 71.7 Å². The van der Waals surface area contributed by atoms with Crippen molar-refractivity contribution in [2.24, 2.45) is 0 Å². The van der Waals surface area contributed by atoms with Gasteiger partial charge in [0.05, 0.1) is 19.2 Å². The Bertz CT molecular complexity index is 1160. The molecule has 1 unspecified atom stereocenters. The standard InChI is InChI=1S/C20H17N5O3/c1-28-14-8-6-13(7-9-14)11-25-20(22-23-24-25)19(27)17(12-26)16-10-21-18-5-3-2-4-15(16)18/h2-10,19,21,27H,11H2,1H3. The third-order valence-corrected chi connectivity index (χ3v) is 4.56. The highest BCUT2D eigenvalue weighted by Crippen LogP contribution is 2.31. The Hall–Kier alpha value is -3.74. The number of ether oxygens (including phenoxy) is 1. The maximum atomic E-state index is 11.7. The molecule has 4 rings (SSSR count). The van der Waals surface area contributed by atoms with E-state index in [4.69, 9.17) is 4.74 Å². The first-order valence-corrected chi connectivity index (χ1v) is 8.60. The number of aliphatic hydroxyl groups is 1. The lowest BCUT2D eigenvalue weighted by molar-refractivity contribution is 0.221. The zero-order valence-electron chi connectivity index (χ0n) is 15.0. The van der Waals surface area contributed by atoms with E-state index in [1.54, 1.807) is 13.3 Å². The lowest BCUT2D eigenvalue weighted by Crippen LogP contribution is -2.13. The second kappa shape index (κ2) is 7.48. The van der Waals surface area contributed by atoms with E-state index in [2.05, 4.69) is 20.5 Å². The van der Waals surface area contributed by atoms with Crippen molar-refractivity contribution >= 4 is 22.4 Å². The summed E-state index contributed by atoms with van der Waals surface area (Å²) in [5.41, 5.74) is 2.42. The minimum atomic E-state index is -1.31. The van der Waals surface area contributed by atoms with Gasteiger partial charge in [-0.05, 0) is 34.2 Å². The van der Waals surface area contributed by atoms with Crippen molar-refractivity contribution in [3.8, 4) is 5.75 Å². The normalized spacial score (nSPS) is 11.9. The lowest BCUT2D eigenvalue weighted by Gasteiger charge is -2.12. The molecule has 0 saturated carbocycles. The van der Waals surface area contributed by atoms with Crippen LogP contribution in [0, 0.1) is 0 Å². The van der Waals surface area contributed by atoms with Crippen LogP contribution in [-0.2, 0) is 11.3 Å². The van der Waals surface area contributed by atoms with Crippen LogP contribution in [0.1, 0.15) is 23.1 Å². The molecule has 0 spiro atoms. The summed E-state index contributed by atoms with van der Waals surface area (Å²) in [6.45, 7) is 0.337. The number of nitrogens with one attached hydrogen (secondary N) is 1. The minimum Gasteiger partial charge on any atom is -0.497 e. The second-order valence-electron chi connectivity index (χ2n) is 6.21. The molecule has 28 heavy (non-hydrogen) atoms. The summed E-state index contributed by atoms with van der Waals surface area (Å²) in [4.78, 5) is 14.8. The Morgan fingerprint density at radius 1 is 1.25 bits per heavy atom. The van der Waals surface area contributed by atoms with Crippen molar-refractivity contribution in [1.82, 2.24) is 25.2 Å². The van der Waals surface area contributed by atoms with Gasteiger partial charge in [-0.25, -0.2) is 9.48 Å². The SMILES string of the molecule is COc1ccc(Cn2nnnc2C(O)C(=C=O)c2c[nH]c3ccccc23)cc1. The van der Waals surface area contributed by atoms with Crippen molar-refractivity contribution in [1.29, 1.82) is 0 Å². The smallest absolute Gasteiger partial charge is 0.185 e. The first-order valence-electron chi connectivity index (χ1n) is 8.60. The molecule has 0 aliphatic rings. The fourth-order valence-corrected chi connectivity index (χ4v) is 3.11. The van der Waals surface area contributed by atoms with Gasteiger partial charge in [-0.2, -0.15) is 0 Å². The molecule has 0 fully saturated rings. The molecule has 0 aliphatic heterocycles.